The maximum atomic E-state index is 12.1. The Labute approximate surface area is 121 Å². The predicted octanol–water partition coefficient (Wildman–Crippen LogP) is 3.18. The van der Waals surface area contributed by atoms with E-state index >= 15 is 0 Å². The van der Waals surface area contributed by atoms with Crippen LogP contribution in [0.5, 0.6) is 0 Å². The van der Waals surface area contributed by atoms with Crippen LogP contribution in [0.25, 0.3) is 0 Å². The molecule has 0 aromatic carbocycles. The van der Waals surface area contributed by atoms with Crippen molar-refractivity contribution in [1.29, 1.82) is 0 Å². The Morgan fingerprint density at radius 3 is 2.45 bits per heavy atom. The maximum Gasteiger partial charge on any atom is 0.334 e. The van der Waals surface area contributed by atoms with Gasteiger partial charge in [0, 0.05) is 17.0 Å². The van der Waals surface area contributed by atoms with Crippen LogP contribution in [-0.4, -0.2) is 17.1 Å². The van der Waals surface area contributed by atoms with Crippen molar-refractivity contribution in [3.63, 3.8) is 0 Å². The predicted molar refractivity (Wildman–Crippen MR) is 79.0 cm³/mol. The summed E-state index contributed by atoms with van der Waals surface area (Å²) in [7, 11) is 0. The summed E-state index contributed by atoms with van der Waals surface area (Å²) < 4.78 is 5.70. The molecule has 0 radical (unpaired) electrons. The Hall–Kier alpha value is -0.830. The van der Waals surface area contributed by atoms with Crippen LogP contribution >= 0.6 is 0 Å². The lowest BCUT2D eigenvalue weighted by atomic mass is 9.41. The van der Waals surface area contributed by atoms with Gasteiger partial charge < -0.3 is 10.5 Å². The average Bonchev–Trinajstić information content (AvgIpc) is 2.55. The highest BCUT2D eigenvalue weighted by atomic mass is 16.6. The monoisotopic (exact) mass is 277 g/mol. The zero-order chi connectivity index (χ0) is 15.0. The summed E-state index contributed by atoms with van der Waals surface area (Å²) in [6.07, 6.45) is 5.14. The molecule has 0 bridgehead atoms. The molecule has 0 aromatic heterocycles. The standard InChI is InChI=1S/C17H27NO2/c1-11-12-15(4)8-6-7-14(2,3)17(15,18)10-9-16(12,5)20-13(11)19/h12H,1,6-10,18H2,2-5H3/t12-,15?,16-,17-/m0/s1. The molecule has 1 unspecified atom stereocenters. The Bertz CT molecular complexity index is 497. The zero-order valence-electron chi connectivity index (χ0n) is 13.2. The molecule has 3 nitrogen and oxygen atoms in total. The fourth-order valence-electron chi connectivity index (χ4n) is 5.66. The minimum Gasteiger partial charge on any atom is -0.455 e. The normalized spacial score (nSPS) is 50.4. The third kappa shape index (κ3) is 1.37. The van der Waals surface area contributed by atoms with Gasteiger partial charge in [0.1, 0.15) is 5.60 Å². The van der Waals surface area contributed by atoms with Crippen molar-refractivity contribution in [3.8, 4) is 0 Å². The molecular formula is C17H27NO2. The van der Waals surface area contributed by atoms with Gasteiger partial charge in [0.15, 0.2) is 0 Å². The summed E-state index contributed by atoms with van der Waals surface area (Å²) in [5.74, 6) is -0.160. The molecule has 1 aliphatic heterocycles. The maximum absolute atomic E-state index is 12.1. The second-order valence-electron chi connectivity index (χ2n) is 8.29. The van der Waals surface area contributed by atoms with Gasteiger partial charge in [-0.2, -0.15) is 0 Å². The molecule has 0 aromatic rings. The topological polar surface area (TPSA) is 52.3 Å². The van der Waals surface area contributed by atoms with Crippen molar-refractivity contribution in [2.45, 2.75) is 70.9 Å². The first-order valence-electron chi connectivity index (χ1n) is 7.78. The first kappa shape index (κ1) is 14.1. The molecule has 2 saturated carbocycles. The van der Waals surface area contributed by atoms with Crippen LogP contribution in [0, 0.1) is 16.7 Å². The van der Waals surface area contributed by atoms with Crippen molar-refractivity contribution in [2.24, 2.45) is 22.5 Å². The number of carbonyl (C=O) groups excluding carboxylic acids is 1. The minimum atomic E-state index is -0.404. The van der Waals surface area contributed by atoms with E-state index in [0.717, 1.165) is 32.1 Å². The first-order valence-corrected chi connectivity index (χ1v) is 7.78. The molecular weight excluding hydrogens is 250 g/mol. The molecule has 1 saturated heterocycles. The third-order valence-corrected chi connectivity index (χ3v) is 6.92. The fraction of sp³-hybridized carbons (Fsp3) is 0.824. The lowest BCUT2D eigenvalue weighted by Gasteiger charge is -2.65. The zero-order valence-corrected chi connectivity index (χ0v) is 13.2. The average molecular weight is 277 g/mol. The van der Waals surface area contributed by atoms with Gasteiger partial charge in [-0.05, 0) is 43.4 Å². The highest BCUT2D eigenvalue weighted by molar-refractivity contribution is 5.91. The molecule has 1 heterocycles. The molecule has 2 aliphatic carbocycles. The van der Waals surface area contributed by atoms with Crippen LogP contribution in [-0.2, 0) is 9.53 Å². The van der Waals surface area contributed by atoms with Crippen molar-refractivity contribution in [1.82, 2.24) is 0 Å². The Kier molecular flexibility index (Phi) is 2.60. The van der Waals surface area contributed by atoms with E-state index < -0.39 is 5.60 Å². The SMILES string of the molecule is C=C1C(=O)O[C@@]2(C)CC[C@]3(N)C(C)(C)CCCC3(C)[C@H]12. The Morgan fingerprint density at radius 2 is 1.80 bits per heavy atom. The summed E-state index contributed by atoms with van der Waals surface area (Å²) in [4.78, 5) is 12.1. The number of hydrogen-bond donors (Lipinski definition) is 1. The molecule has 0 amide bonds. The highest BCUT2D eigenvalue weighted by Gasteiger charge is 2.69. The molecule has 3 fully saturated rings. The van der Waals surface area contributed by atoms with Crippen molar-refractivity contribution in [2.75, 3.05) is 0 Å². The first-order chi connectivity index (χ1) is 9.07. The lowest BCUT2D eigenvalue weighted by Crippen LogP contribution is -2.72. The minimum absolute atomic E-state index is 0.0563. The molecule has 3 rings (SSSR count). The number of hydrogen-bond acceptors (Lipinski definition) is 3. The summed E-state index contributed by atoms with van der Waals surface area (Å²) in [6, 6.07) is 0. The molecule has 20 heavy (non-hydrogen) atoms. The van der Waals surface area contributed by atoms with Crippen molar-refractivity contribution >= 4 is 5.97 Å². The van der Waals surface area contributed by atoms with Crippen molar-refractivity contribution in [3.05, 3.63) is 12.2 Å². The van der Waals surface area contributed by atoms with Gasteiger partial charge in [-0.15, -0.1) is 0 Å². The van der Waals surface area contributed by atoms with Crippen LogP contribution in [0.1, 0.15) is 59.8 Å². The summed E-state index contributed by atoms with van der Waals surface area (Å²) >= 11 is 0. The van der Waals surface area contributed by atoms with Crippen molar-refractivity contribution < 1.29 is 9.53 Å². The van der Waals surface area contributed by atoms with Crippen LogP contribution in [0.3, 0.4) is 0 Å². The van der Waals surface area contributed by atoms with Gasteiger partial charge in [0.25, 0.3) is 0 Å². The van der Waals surface area contributed by atoms with Gasteiger partial charge >= 0.3 is 5.97 Å². The van der Waals surface area contributed by atoms with E-state index in [0.29, 0.717) is 5.57 Å². The van der Waals surface area contributed by atoms with Gasteiger partial charge in [-0.25, -0.2) is 4.79 Å². The molecule has 2 N–H and O–H groups in total. The van der Waals surface area contributed by atoms with Crippen LogP contribution in [0.2, 0.25) is 0 Å². The largest absolute Gasteiger partial charge is 0.455 e. The van der Waals surface area contributed by atoms with E-state index in [2.05, 4.69) is 34.3 Å². The molecule has 112 valence electrons. The molecule has 3 aliphatic rings. The number of esters is 1. The number of nitrogens with two attached hydrogens (primary N) is 1. The smallest absolute Gasteiger partial charge is 0.334 e. The second-order valence-corrected chi connectivity index (χ2v) is 8.29. The van der Waals surface area contributed by atoms with E-state index in [-0.39, 0.29) is 28.3 Å². The van der Waals surface area contributed by atoms with Gasteiger partial charge in [0.2, 0.25) is 0 Å². The van der Waals surface area contributed by atoms with E-state index in [1.54, 1.807) is 0 Å². The van der Waals surface area contributed by atoms with E-state index in [1.807, 2.05) is 0 Å². The van der Waals surface area contributed by atoms with Gasteiger partial charge in [0.05, 0.1) is 0 Å². The Morgan fingerprint density at radius 1 is 1.15 bits per heavy atom. The quantitative estimate of drug-likeness (QED) is 0.546. The van der Waals surface area contributed by atoms with Crippen LogP contribution in [0.15, 0.2) is 12.2 Å². The number of fused-ring (bicyclic) bond motifs is 3. The molecule has 3 heteroatoms. The van der Waals surface area contributed by atoms with E-state index in [4.69, 9.17) is 10.5 Å². The van der Waals surface area contributed by atoms with E-state index in [1.165, 1.54) is 0 Å². The fourth-order valence-corrected chi connectivity index (χ4v) is 5.66. The molecule has 0 spiro atoms. The lowest BCUT2D eigenvalue weighted by molar-refractivity contribution is -0.170. The second kappa shape index (κ2) is 3.68. The summed E-state index contributed by atoms with van der Waals surface area (Å²) in [6.45, 7) is 13.0. The third-order valence-electron chi connectivity index (χ3n) is 6.92. The summed E-state index contributed by atoms with van der Waals surface area (Å²) in [5.41, 5.74) is 6.96. The Balaban J connectivity index is 2.15. The number of rotatable bonds is 0. The number of ether oxygens (including phenoxy) is 1. The number of carbonyl (C=O) groups is 1. The highest BCUT2D eigenvalue weighted by Crippen LogP contribution is 2.66. The van der Waals surface area contributed by atoms with Gasteiger partial charge in [-0.1, -0.05) is 33.8 Å². The van der Waals surface area contributed by atoms with Crippen LogP contribution < -0.4 is 5.73 Å². The van der Waals surface area contributed by atoms with Gasteiger partial charge in [-0.3, -0.25) is 0 Å². The summed E-state index contributed by atoms with van der Waals surface area (Å²) in [5, 5.41) is 0. The van der Waals surface area contributed by atoms with Crippen LogP contribution in [0.4, 0.5) is 0 Å². The van der Waals surface area contributed by atoms with E-state index in [9.17, 15) is 4.79 Å². The molecule has 4 atom stereocenters.